The van der Waals surface area contributed by atoms with Gasteiger partial charge in [0.15, 0.2) is 0 Å². The molecule has 0 aliphatic carbocycles. The lowest BCUT2D eigenvalue weighted by Crippen LogP contribution is -2.37. The first-order valence-electron chi connectivity index (χ1n) is 8.23. The molecule has 1 N–H and O–H groups in total. The molecule has 0 bridgehead atoms. The Hall–Kier alpha value is -3.07. The second-order valence-electron chi connectivity index (χ2n) is 6.45. The average molecular weight is 330 g/mol. The van der Waals surface area contributed by atoms with Crippen molar-refractivity contribution in [2.45, 2.75) is 19.3 Å². The lowest BCUT2D eigenvalue weighted by atomic mass is 9.68. The van der Waals surface area contributed by atoms with Crippen LogP contribution in [0.3, 0.4) is 0 Å². The summed E-state index contributed by atoms with van der Waals surface area (Å²) in [5.41, 5.74) is 3.57. The standard InChI is InChI=1S/C22H18O3/c1-14-7-3-5-9-17(14)22(18-10-6-4-8-15(18)2)19-12-11-16(23)13-20(19)25-21(22)24/h3-13,23H,1-2H3. The van der Waals surface area contributed by atoms with Crippen molar-refractivity contribution in [2.75, 3.05) is 0 Å². The summed E-state index contributed by atoms with van der Waals surface area (Å²) in [5, 5.41) is 9.81. The lowest BCUT2D eigenvalue weighted by Gasteiger charge is -2.30. The van der Waals surface area contributed by atoms with Gasteiger partial charge < -0.3 is 9.84 Å². The summed E-state index contributed by atoms with van der Waals surface area (Å²) in [6.45, 7) is 4.00. The summed E-state index contributed by atoms with van der Waals surface area (Å²) in [6, 6.07) is 20.6. The summed E-state index contributed by atoms with van der Waals surface area (Å²) < 4.78 is 5.62. The molecular weight excluding hydrogens is 312 g/mol. The molecule has 3 aromatic carbocycles. The summed E-state index contributed by atoms with van der Waals surface area (Å²) in [5.74, 6) is 0.158. The van der Waals surface area contributed by atoms with Gasteiger partial charge >= 0.3 is 5.97 Å². The van der Waals surface area contributed by atoms with E-state index in [0.717, 1.165) is 27.8 Å². The van der Waals surface area contributed by atoms with E-state index in [9.17, 15) is 9.90 Å². The van der Waals surface area contributed by atoms with Crippen molar-refractivity contribution < 1.29 is 14.6 Å². The van der Waals surface area contributed by atoms with Crippen LogP contribution in [0.4, 0.5) is 0 Å². The van der Waals surface area contributed by atoms with Gasteiger partial charge in [-0.3, -0.25) is 0 Å². The highest BCUT2D eigenvalue weighted by Gasteiger charge is 2.53. The molecule has 25 heavy (non-hydrogen) atoms. The Labute approximate surface area is 146 Å². The van der Waals surface area contributed by atoms with Gasteiger partial charge in [-0.25, -0.2) is 4.79 Å². The number of phenolic OH excluding ortho intramolecular Hbond substituents is 1. The van der Waals surface area contributed by atoms with E-state index in [0.29, 0.717) is 5.75 Å². The van der Waals surface area contributed by atoms with Crippen molar-refractivity contribution in [1.82, 2.24) is 0 Å². The zero-order chi connectivity index (χ0) is 17.6. The van der Waals surface area contributed by atoms with E-state index in [1.54, 1.807) is 12.1 Å². The Morgan fingerprint density at radius 1 is 0.800 bits per heavy atom. The topological polar surface area (TPSA) is 46.5 Å². The maximum atomic E-state index is 13.3. The summed E-state index contributed by atoms with van der Waals surface area (Å²) >= 11 is 0. The van der Waals surface area contributed by atoms with Crippen LogP contribution in [0.2, 0.25) is 0 Å². The van der Waals surface area contributed by atoms with E-state index in [1.165, 1.54) is 6.07 Å². The molecule has 4 rings (SSSR count). The maximum Gasteiger partial charge on any atom is 0.331 e. The van der Waals surface area contributed by atoms with Crippen LogP contribution in [0, 0.1) is 13.8 Å². The zero-order valence-corrected chi connectivity index (χ0v) is 14.1. The number of carbonyl (C=O) groups excluding carboxylic acids is 1. The van der Waals surface area contributed by atoms with Crippen molar-refractivity contribution in [3.8, 4) is 11.5 Å². The number of esters is 1. The van der Waals surface area contributed by atoms with Gasteiger partial charge in [0.05, 0.1) is 0 Å². The van der Waals surface area contributed by atoms with E-state index < -0.39 is 5.41 Å². The minimum absolute atomic E-state index is 0.0805. The maximum absolute atomic E-state index is 13.3. The predicted molar refractivity (Wildman–Crippen MR) is 96.0 cm³/mol. The zero-order valence-electron chi connectivity index (χ0n) is 14.1. The minimum atomic E-state index is -1.03. The number of hydrogen-bond acceptors (Lipinski definition) is 3. The fourth-order valence-corrected chi connectivity index (χ4v) is 3.83. The van der Waals surface area contributed by atoms with Crippen molar-refractivity contribution >= 4 is 5.97 Å². The minimum Gasteiger partial charge on any atom is -0.508 e. The highest BCUT2D eigenvalue weighted by molar-refractivity contribution is 5.99. The quantitative estimate of drug-likeness (QED) is 0.564. The first-order chi connectivity index (χ1) is 12.0. The second kappa shape index (κ2) is 5.49. The third kappa shape index (κ3) is 2.09. The van der Waals surface area contributed by atoms with E-state index in [2.05, 4.69) is 0 Å². The van der Waals surface area contributed by atoms with Crippen LogP contribution in [0.15, 0.2) is 66.7 Å². The molecule has 3 aromatic rings. The number of carbonyl (C=O) groups is 1. The Morgan fingerprint density at radius 3 is 1.92 bits per heavy atom. The van der Waals surface area contributed by atoms with Crippen LogP contribution in [0.25, 0.3) is 0 Å². The fraction of sp³-hybridized carbons (Fsp3) is 0.136. The molecule has 0 aromatic heterocycles. The Balaban J connectivity index is 2.15. The Kier molecular flexibility index (Phi) is 3.39. The summed E-state index contributed by atoms with van der Waals surface area (Å²) in [7, 11) is 0. The number of aromatic hydroxyl groups is 1. The van der Waals surface area contributed by atoms with Gasteiger partial charge in [0.2, 0.25) is 0 Å². The molecule has 3 heteroatoms. The van der Waals surface area contributed by atoms with Crippen LogP contribution in [0.5, 0.6) is 11.5 Å². The molecular formula is C22H18O3. The summed E-state index contributed by atoms with van der Waals surface area (Å²) in [6.07, 6.45) is 0. The Bertz CT molecular complexity index is 943. The number of aryl methyl sites for hydroxylation is 2. The summed E-state index contributed by atoms with van der Waals surface area (Å²) in [4.78, 5) is 13.3. The molecule has 1 aliphatic heterocycles. The van der Waals surface area contributed by atoms with Crippen molar-refractivity contribution in [3.05, 3.63) is 94.5 Å². The third-order valence-electron chi connectivity index (χ3n) is 4.98. The molecule has 0 amide bonds. The van der Waals surface area contributed by atoms with E-state index in [1.807, 2.05) is 62.4 Å². The molecule has 0 saturated carbocycles. The van der Waals surface area contributed by atoms with Crippen LogP contribution in [0.1, 0.15) is 27.8 Å². The molecule has 0 atom stereocenters. The van der Waals surface area contributed by atoms with Gasteiger partial charge in [-0.1, -0.05) is 48.5 Å². The number of benzene rings is 3. The van der Waals surface area contributed by atoms with Gasteiger partial charge in [-0.2, -0.15) is 0 Å². The molecule has 0 spiro atoms. The van der Waals surface area contributed by atoms with Crippen LogP contribution >= 0.6 is 0 Å². The largest absolute Gasteiger partial charge is 0.508 e. The van der Waals surface area contributed by atoms with Gasteiger partial charge in [-0.05, 0) is 48.2 Å². The molecule has 0 saturated heterocycles. The number of ether oxygens (including phenoxy) is 1. The Morgan fingerprint density at radius 2 is 1.36 bits per heavy atom. The first kappa shape index (κ1) is 15.5. The molecule has 1 aliphatic rings. The highest BCUT2D eigenvalue weighted by atomic mass is 16.5. The number of phenols is 1. The highest BCUT2D eigenvalue weighted by Crippen LogP contribution is 2.51. The van der Waals surface area contributed by atoms with Crippen LogP contribution in [-0.2, 0) is 10.2 Å². The van der Waals surface area contributed by atoms with Gasteiger partial charge in [0.1, 0.15) is 16.9 Å². The van der Waals surface area contributed by atoms with Crippen LogP contribution < -0.4 is 4.74 Å². The van der Waals surface area contributed by atoms with Crippen molar-refractivity contribution in [3.63, 3.8) is 0 Å². The molecule has 3 nitrogen and oxygen atoms in total. The number of fused-ring (bicyclic) bond motifs is 1. The smallest absolute Gasteiger partial charge is 0.331 e. The average Bonchev–Trinajstić information content (AvgIpc) is 2.87. The second-order valence-corrected chi connectivity index (χ2v) is 6.45. The lowest BCUT2D eigenvalue weighted by molar-refractivity contribution is -0.135. The number of hydrogen-bond donors (Lipinski definition) is 1. The normalized spacial score (nSPS) is 14.9. The van der Waals surface area contributed by atoms with E-state index >= 15 is 0 Å². The van der Waals surface area contributed by atoms with Crippen molar-refractivity contribution in [2.24, 2.45) is 0 Å². The predicted octanol–water partition coefficient (Wildman–Crippen LogP) is 4.26. The first-order valence-corrected chi connectivity index (χ1v) is 8.23. The molecule has 0 radical (unpaired) electrons. The van der Waals surface area contributed by atoms with E-state index in [-0.39, 0.29) is 11.7 Å². The molecule has 1 heterocycles. The molecule has 0 unspecified atom stereocenters. The molecule has 124 valence electrons. The van der Waals surface area contributed by atoms with Gasteiger partial charge in [0, 0.05) is 11.6 Å². The number of rotatable bonds is 2. The van der Waals surface area contributed by atoms with Crippen molar-refractivity contribution in [1.29, 1.82) is 0 Å². The fourth-order valence-electron chi connectivity index (χ4n) is 3.83. The van der Waals surface area contributed by atoms with Gasteiger partial charge in [-0.15, -0.1) is 0 Å². The SMILES string of the molecule is Cc1ccccc1C1(c2ccccc2C)C(=O)Oc2cc(O)ccc21. The van der Waals surface area contributed by atoms with Gasteiger partial charge in [0.25, 0.3) is 0 Å². The van der Waals surface area contributed by atoms with Crippen LogP contribution in [-0.4, -0.2) is 11.1 Å². The van der Waals surface area contributed by atoms with E-state index in [4.69, 9.17) is 4.74 Å². The monoisotopic (exact) mass is 330 g/mol. The third-order valence-corrected chi connectivity index (χ3v) is 4.98. The molecule has 0 fully saturated rings.